The summed E-state index contributed by atoms with van der Waals surface area (Å²) >= 11 is 0. The Bertz CT molecular complexity index is 525. The molecule has 5 heteroatoms. The summed E-state index contributed by atoms with van der Waals surface area (Å²) in [5.41, 5.74) is 0.805. The van der Waals surface area contributed by atoms with Gasteiger partial charge in [0.2, 0.25) is 0 Å². The van der Waals surface area contributed by atoms with Crippen LogP contribution in [0.4, 0.5) is 0 Å². The molecular weight excluding hydrogens is 330 g/mol. The van der Waals surface area contributed by atoms with Crippen LogP contribution in [0.15, 0.2) is 18.2 Å². The number of methoxy groups -OCH3 is 2. The molecule has 0 saturated heterocycles. The quantitative estimate of drug-likeness (QED) is 0.646. The standard InChI is InChI=1S/C21H37NO4/c1-16(2)11-12-22(14-18(23)15-26-21(3,4)5)13-17-9-8-10-19(24-6)20(17)25-7/h8-10,16,18,23H,11-15H2,1-7H3/t18-/m0/s1. The van der Waals surface area contributed by atoms with Gasteiger partial charge in [0.1, 0.15) is 0 Å². The van der Waals surface area contributed by atoms with Crippen LogP contribution in [0.1, 0.15) is 46.6 Å². The number of benzene rings is 1. The second-order valence-corrected chi connectivity index (χ2v) is 8.15. The summed E-state index contributed by atoms with van der Waals surface area (Å²) < 4.78 is 16.7. The summed E-state index contributed by atoms with van der Waals surface area (Å²) in [7, 11) is 3.30. The molecule has 1 aromatic carbocycles. The molecular formula is C21H37NO4. The van der Waals surface area contributed by atoms with Crippen molar-refractivity contribution in [2.45, 2.75) is 59.3 Å². The molecule has 26 heavy (non-hydrogen) atoms. The summed E-state index contributed by atoms with van der Waals surface area (Å²) in [6.45, 7) is 12.9. The molecule has 0 amide bonds. The highest BCUT2D eigenvalue weighted by molar-refractivity contribution is 5.46. The van der Waals surface area contributed by atoms with Gasteiger partial charge < -0.3 is 19.3 Å². The molecule has 1 N–H and O–H groups in total. The summed E-state index contributed by atoms with van der Waals surface area (Å²) in [5, 5.41) is 10.4. The Kier molecular flexibility index (Phi) is 9.41. The Morgan fingerprint density at radius 3 is 2.35 bits per heavy atom. The van der Waals surface area contributed by atoms with E-state index in [0.29, 0.717) is 25.6 Å². The molecule has 0 aromatic heterocycles. The lowest BCUT2D eigenvalue weighted by Crippen LogP contribution is -2.37. The van der Waals surface area contributed by atoms with E-state index in [4.69, 9.17) is 14.2 Å². The molecule has 0 spiro atoms. The third kappa shape index (κ3) is 8.39. The van der Waals surface area contributed by atoms with Gasteiger partial charge in [-0.25, -0.2) is 0 Å². The largest absolute Gasteiger partial charge is 0.493 e. The highest BCUT2D eigenvalue weighted by Gasteiger charge is 2.19. The van der Waals surface area contributed by atoms with Crippen molar-refractivity contribution in [3.63, 3.8) is 0 Å². The Hall–Kier alpha value is -1.30. The number of rotatable bonds is 11. The average Bonchev–Trinajstić information content (AvgIpc) is 2.56. The van der Waals surface area contributed by atoms with Gasteiger partial charge in [-0.05, 0) is 45.7 Å². The second kappa shape index (κ2) is 10.8. The number of ether oxygens (including phenoxy) is 3. The minimum Gasteiger partial charge on any atom is -0.493 e. The van der Waals surface area contributed by atoms with E-state index in [9.17, 15) is 5.11 Å². The van der Waals surface area contributed by atoms with E-state index < -0.39 is 6.10 Å². The van der Waals surface area contributed by atoms with Crippen LogP contribution in [0.5, 0.6) is 11.5 Å². The van der Waals surface area contributed by atoms with Crippen molar-refractivity contribution >= 4 is 0 Å². The first kappa shape index (κ1) is 22.7. The van der Waals surface area contributed by atoms with Gasteiger partial charge in [-0.1, -0.05) is 26.0 Å². The molecule has 0 aliphatic heterocycles. The van der Waals surface area contributed by atoms with E-state index in [-0.39, 0.29) is 5.60 Å². The number of hydrogen-bond acceptors (Lipinski definition) is 5. The second-order valence-electron chi connectivity index (χ2n) is 8.15. The molecule has 0 bridgehead atoms. The van der Waals surface area contributed by atoms with Gasteiger partial charge in [-0.3, -0.25) is 4.90 Å². The Morgan fingerprint density at radius 1 is 1.12 bits per heavy atom. The Balaban J connectivity index is 2.83. The van der Waals surface area contributed by atoms with E-state index in [1.165, 1.54) is 0 Å². The highest BCUT2D eigenvalue weighted by Crippen LogP contribution is 2.31. The minimum atomic E-state index is -0.530. The zero-order chi connectivity index (χ0) is 19.7. The van der Waals surface area contributed by atoms with Crippen molar-refractivity contribution in [3.8, 4) is 11.5 Å². The maximum absolute atomic E-state index is 10.4. The van der Waals surface area contributed by atoms with E-state index in [0.717, 1.165) is 30.0 Å². The molecule has 0 aliphatic rings. The molecule has 0 aliphatic carbocycles. The molecule has 0 radical (unpaired) electrons. The van der Waals surface area contributed by atoms with E-state index in [1.54, 1.807) is 14.2 Å². The summed E-state index contributed by atoms with van der Waals surface area (Å²) in [6.07, 6.45) is 0.539. The van der Waals surface area contributed by atoms with Crippen LogP contribution in [-0.2, 0) is 11.3 Å². The first-order valence-electron chi connectivity index (χ1n) is 9.40. The van der Waals surface area contributed by atoms with E-state index in [1.807, 2.05) is 39.0 Å². The predicted octanol–water partition coefficient (Wildman–Crippen LogP) is 3.73. The maximum atomic E-state index is 10.4. The fourth-order valence-corrected chi connectivity index (χ4v) is 2.69. The van der Waals surface area contributed by atoms with Crippen molar-refractivity contribution in [1.29, 1.82) is 0 Å². The highest BCUT2D eigenvalue weighted by atomic mass is 16.5. The van der Waals surface area contributed by atoms with Crippen molar-refractivity contribution in [2.24, 2.45) is 5.92 Å². The zero-order valence-electron chi connectivity index (χ0n) is 17.5. The third-order valence-corrected chi connectivity index (χ3v) is 4.08. The number of para-hydroxylation sites is 1. The van der Waals surface area contributed by atoms with E-state index >= 15 is 0 Å². The summed E-state index contributed by atoms with van der Waals surface area (Å²) in [6, 6.07) is 5.91. The van der Waals surface area contributed by atoms with Crippen molar-refractivity contribution in [1.82, 2.24) is 4.90 Å². The molecule has 5 nitrogen and oxygen atoms in total. The lowest BCUT2D eigenvalue weighted by Gasteiger charge is -2.28. The lowest BCUT2D eigenvalue weighted by atomic mass is 10.1. The van der Waals surface area contributed by atoms with Crippen LogP contribution in [-0.4, -0.2) is 55.6 Å². The van der Waals surface area contributed by atoms with Gasteiger partial charge in [0.25, 0.3) is 0 Å². The van der Waals surface area contributed by atoms with Crippen LogP contribution < -0.4 is 9.47 Å². The Morgan fingerprint density at radius 2 is 1.81 bits per heavy atom. The lowest BCUT2D eigenvalue weighted by molar-refractivity contribution is -0.0569. The average molecular weight is 368 g/mol. The van der Waals surface area contributed by atoms with E-state index in [2.05, 4.69) is 18.7 Å². The fourth-order valence-electron chi connectivity index (χ4n) is 2.69. The van der Waals surface area contributed by atoms with Crippen molar-refractivity contribution in [2.75, 3.05) is 33.9 Å². The normalized spacial score (nSPS) is 13.3. The molecule has 0 fully saturated rings. The Labute approximate surface area is 159 Å². The van der Waals surface area contributed by atoms with Gasteiger partial charge in [0, 0.05) is 18.7 Å². The molecule has 0 heterocycles. The zero-order valence-corrected chi connectivity index (χ0v) is 17.5. The SMILES string of the molecule is COc1cccc(CN(CCC(C)C)C[C@H](O)COC(C)(C)C)c1OC. The number of hydrogen-bond donors (Lipinski definition) is 1. The summed E-state index contributed by atoms with van der Waals surface area (Å²) in [5.74, 6) is 2.09. The molecule has 0 saturated carbocycles. The predicted molar refractivity (Wildman–Crippen MR) is 106 cm³/mol. The smallest absolute Gasteiger partial charge is 0.165 e. The number of aliphatic hydroxyl groups is 1. The van der Waals surface area contributed by atoms with Crippen LogP contribution >= 0.6 is 0 Å². The monoisotopic (exact) mass is 367 g/mol. The van der Waals surface area contributed by atoms with Crippen molar-refractivity contribution in [3.05, 3.63) is 23.8 Å². The topological polar surface area (TPSA) is 51.2 Å². The third-order valence-electron chi connectivity index (χ3n) is 4.08. The van der Waals surface area contributed by atoms with Crippen LogP contribution in [0, 0.1) is 5.92 Å². The van der Waals surface area contributed by atoms with Crippen molar-refractivity contribution < 1.29 is 19.3 Å². The van der Waals surface area contributed by atoms with Crippen LogP contribution in [0.25, 0.3) is 0 Å². The van der Waals surface area contributed by atoms with Gasteiger partial charge >= 0.3 is 0 Å². The number of nitrogens with zero attached hydrogens (tertiary/aromatic N) is 1. The first-order valence-corrected chi connectivity index (χ1v) is 9.40. The molecule has 1 atom stereocenters. The fraction of sp³-hybridized carbons (Fsp3) is 0.714. The first-order chi connectivity index (χ1) is 12.2. The minimum absolute atomic E-state index is 0.250. The van der Waals surface area contributed by atoms with Gasteiger partial charge in [-0.15, -0.1) is 0 Å². The molecule has 1 aromatic rings. The molecule has 150 valence electrons. The van der Waals surface area contributed by atoms with Crippen LogP contribution in [0.2, 0.25) is 0 Å². The maximum Gasteiger partial charge on any atom is 0.165 e. The van der Waals surface area contributed by atoms with Gasteiger partial charge in [0.15, 0.2) is 11.5 Å². The summed E-state index contributed by atoms with van der Waals surface area (Å²) in [4.78, 5) is 2.26. The van der Waals surface area contributed by atoms with Gasteiger partial charge in [0.05, 0.1) is 32.5 Å². The van der Waals surface area contributed by atoms with Gasteiger partial charge in [-0.2, -0.15) is 0 Å². The number of aliphatic hydroxyl groups excluding tert-OH is 1. The molecule has 1 rings (SSSR count). The van der Waals surface area contributed by atoms with Crippen LogP contribution in [0.3, 0.4) is 0 Å². The molecule has 0 unspecified atom stereocenters.